The molecule has 0 unspecified atom stereocenters. The second kappa shape index (κ2) is 11.4. The summed E-state index contributed by atoms with van der Waals surface area (Å²) in [5.41, 5.74) is 2.67. The number of hydrogen-bond donors (Lipinski definition) is 2. The van der Waals surface area contributed by atoms with Gasteiger partial charge in [-0.25, -0.2) is 4.39 Å². The van der Waals surface area contributed by atoms with Gasteiger partial charge in [0.25, 0.3) is 5.91 Å². The molecule has 0 saturated heterocycles. The first-order valence-electron chi connectivity index (χ1n) is 11.1. The maximum atomic E-state index is 15.5. The summed E-state index contributed by atoms with van der Waals surface area (Å²) in [5, 5.41) is 13.3. The summed E-state index contributed by atoms with van der Waals surface area (Å²) < 4.78 is 20.9. The second-order valence-corrected chi connectivity index (χ2v) is 8.51. The fourth-order valence-electron chi connectivity index (χ4n) is 4.03. The molecule has 0 aliphatic carbocycles. The number of allylic oxidation sites excluding steroid dienone is 1. The van der Waals surface area contributed by atoms with Crippen molar-refractivity contribution in [3.63, 3.8) is 0 Å². The van der Waals surface area contributed by atoms with E-state index in [-0.39, 0.29) is 24.4 Å². The smallest absolute Gasteiger partial charge is 0.252 e. The van der Waals surface area contributed by atoms with Crippen LogP contribution >= 0.6 is 11.6 Å². The molecule has 1 aliphatic rings. The lowest BCUT2D eigenvalue weighted by molar-refractivity contribution is 0.0214. The quantitative estimate of drug-likeness (QED) is 0.466. The summed E-state index contributed by atoms with van der Waals surface area (Å²) in [7, 11) is 1.47. The van der Waals surface area contributed by atoms with Crippen LogP contribution in [0.4, 0.5) is 4.39 Å². The first-order chi connectivity index (χ1) is 17.0. The van der Waals surface area contributed by atoms with E-state index < -0.39 is 23.9 Å². The number of carbonyl (C=O) groups is 1. The molecule has 2 aromatic carbocycles. The molecule has 0 bridgehead atoms. The van der Waals surface area contributed by atoms with Crippen LogP contribution in [0.25, 0.3) is 5.57 Å². The van der Waals surface area contributed by atoms with Crippen molar-refractivity contribution >= 4 is 28.8 Å². The Balaban J connectivity index is 1.61. The van der Waals surface area contributed by atoms with E-state index in [9.17, 15) is 9.90 Å². The Morgan fingerprint density at radius 1 is 1.14 bits per heavy atom. The number of rotatable bonds is 9. The molecule has 35 heavy (non-hydrogen) atoms. The van der Waals surface area contributed by atoms with E-state index >= 15 is 4.39 Å². The second-order valence-electron chi connectivity index (χ2n) is 8.07. The van der Waals surface area contributed by atoms with E-state index in [1.807, 2.05) is 12.1 Å². The number of carbonyl (C=O) groups excluding carboxylic acids is 1. The monoisotopic (exact) mass is 493 g/mol. The van der Waals surface area contributed by atoms with Gasteiger partial charge in [-0.05, 0) is 35.9 Å². The number of ether oxygens (including phenoxy) is 1. The van der Waals surface area contributed by atoms with E-state index in [2.05, 4.69) is 15.3 Å². The highest BCUT2D eigenvalue weighted by Gasteiger charge is 2.28. The molecule has 8 heteroatoms. The summed E-state index contributed by atoms with van der Waals surface area (Å²) in [6.45, 7) is -0.123. The van der Waals surface area contributed by atoms with Crippen molar-refractivity contribution in [2.24, 2.45) is 4.99 Å². The molecule has 2 N–H and O–H groups in total. The molecular weight excluding hydrogens is 469 g/mol. The average Bonchev–Trinajstić information content (AvgIpc) is 3.26. The Labute approximate surface area is 208 Å². The largest absolute Gasteiger partial charge is 0.394 e. The molecule has 0 fully saturated rings. The number of amides is 1. The summed E-state index contributed by atoms with van der Waals surface area (Å²) in [6, 6.07) is 18.6. The highest BCUT2D eigenvalue weighted by Crippen LogP contribution is 2.30. The van der Waals surface area contributed by atoms with Crippen LogP contribution in [0.15, 0.2) is 83.7 Å². The minimum atomic E-state index is -0.648. The zero-order chi connectivity index (χ0) is 24.8. The van der Waals surface area contributed by atoms with Crippen molar-refractivity contribution < 1.29 is 19.0 Å². The molecule has 1 aliphatic heterocycles. The first-order valence-corrected chi connectivity index (χ1v) is 11.5. The summed E-state index contributed by atoms with van der Waals surface area (Å²) in [5.74, 6) is -0.893. The lowest BCUT2D eigenvalue weighted by Gasteiger charge is -2.26. The molecule has 3 aromatic rings. The third-order valence-corrected chi connectivity index (χ3v) is 6.14. The Kier molecular flexibility index (Phi) is 8.02. The highest BCUT2D eigenvalue weighted by atomic mass is 35.5. The predicted octanol–water partition coefficient (Wildman–Crippen LogP) is 4.27. The molecule has 4 rings (SSSR count). The van der Waals surface area contributed by atoms with Crippen molar-refractivity contribution in [1.29, 1.82) is 0 Å². The molecule has 0 radical (unpaired) electrons. The number of aliphatic hydroxyl groups is 1. The molecule has 0 saturated carbocycles. The maximum Gasteiger partial charge on any atom is 0.252 e. The van der Waals surface area contributed by atoms with Gasteiger partial charge < -0.3 is 15.2 Å². The molecule has 6 nitrogen and oxygen atoms in total. The first kappa shape index (κ1) is 24.7. The van der Waals surface area contributed by atoms with E-state index in [0.717, 1.165) is 5.69 Å². The van der Waals surface area contributed by atoms with Crippen LogP contribution in [0.5, 0.6) is 0 Å². The molecular formula is C27H25ClFN3O3. The van der Waals surface area contributed by atoms with Crippen LogP contribution < -0.4 is 5.32 Å². The number of aliphatic imine (C=N–C) groups is 1. The molecule has 1 amide bonds. The van der Waals surface area contributed by atoms with E-state index in [1.165, 1.54) is 7.11 Å². The molecule has 1 aromatic heterocycles. The topological polar surface area (TPSA) is 83.8 Å². The van der Waals surface area contributed by atoms with Gasteiger partial charge in [0.2, 0.25) is 0 Å². The summed E-state index contributed by atoms with van der Waals surface area (Å²) in [6.07, 6.45) is 1.37. The predicted molar refractivity (Wildman–Crippen MR) is 134 cm³/mol. The van der Waals surface area contributed by atoms with Crippen molar-refractivity contribution in [1.82, 2.24) is 10.3 Å². The fraction of sp³-hybridized carbons (Fsp3) is 0.222. The van der Waals surface area contributed by atoms with Crippen LogP contribution in [0.2, 0.25) is 5.02 Å². The number of benzene rings is 2. The van der Waals surface area contributed by atoms with Gasteiger partial charge in [0, 0.05) is 47.1 Å². The molecule has 2 atom stereocenters. The fourth-order valence-corrected chi connectivity index (χ4v) is 4.16. The zero-order valence-corrected chi connectivity index (χ0v) is 19.9. The Morgan fingerprint density at radius 2 is 1.89 bits per heavy atom. The maximum absolute atomic E-state index is 15.5. The minimum absolute atomic E-state index is 0.132. The van der Waals surface area contributed by atoms with Crippen LogP contribution in [-0.4, -0.2) is 54.1 Å². The lowest BCUT2D eigenvalue weighted by atomic mass is 9.98. The average molecular weight is 494 g/mol. The van der Waals surface area contributed by atoms with Crippen LogP contribution in [-0.2, 0) is 11.2 Å². The number of pyridine rings is 1. The summed E-state index contributed by atoms with van der Waals surface area (Å²) >= 11 is 5.96. The third-order valence-electron chi connectivity index (χ3n) is 5.89. The molecule has 0 spiro atoms. The summed E-state index contributed by atoms with van der Waals surface area (Å²) in [4.78, 5) is 22.1. The Morgan fingerprint density at radius 3 is 2.57 bits per heavy atom. The SMILES string of the molecule is CO[C@H](CO)[C@@H](Cc1ccccn1)NC(=O)c1ccccc1C1=NCC(c2ccc(Cl)cc2)=C1F. The third kappa shape index (κ3) is 5.65. The highest BCUT2D eigenvalue weighted by molar-refractivity contribution is 6.30. The lowest BCUT2D eigenvalue weighted by Crippen LogP contribution is -2.47. The number of aliphatic hydroxyl groups excluding tert-OH is 1. The van der Waals surface area contributed by atoms with Crippen molar-refractivity contribution in [3.8, 4) is 0 Å². The van der Waals surface area contributed by atoms with Gasteiger partial charge in [0.1, 0.15) is 11.8 Å². The minimum Gasteiger partial charge on any atom is -0.394 e. The van der Waals surface area contributed by atoms with Crippen molar-refractivity contribution in [2.45, 2.75) is 18.6 Å². The van der Waals surface area contributed by atoms with Crippen molar-refractivity contribution in [3.05, 3.63) is 106 Å². The molecule has 2 heterocycles. The van der Waals surface area contributed by atoms with E-state index in [0.29, 0.717) is 28.1 Å². The normalized spacial score (nSPS) is 15.0. The van der Waals surface area contributed by atoms with Crippen LogP contribution in [0.3, 0.4) is 0 Å². The number of nitrogens with one attached hydrogen (secondary N) is 1. The van der Waals surface area contributed by atoms with Crippen LogP contribution in [0, 0.1) is 0 Å². The van der Waals surface area contributed by atoms with Gasteiger partial charge in [-0.15, -0.1) is 0 Å². The number of nitrogens with zero attached hydrogens (tertiary/aromatic N) is 2. The zero-order valence-electron chi connectivity index (χ0n) is 19.1. The van der Waals surface area contributed by atoms with Gasteiger partial charge in [-0.1, -0.05) is 48.0 Å². The van der Waals surface area contributed by atoms with E-state index in [1.54, 1.807) is 60.8 Å². The van der Waals surface area contributed by atoms with E-state index in [4.69, 9.17) is 16.3 Å². The van der Waals surface area contributed by atoms with Gasteiger partial charge in [0.15, 0.2) is 5.83 Å². The standard InChI is InChI=1S/C27H25ClFN3O3/c1-35-24(16-33)23(14-19-6-4-5-13-30-19)32-27(34)21-8-3-2-7-20(21)26-25(29)22(15-31-26)17-9-11-18(28)12-10-17/h2-13,23-24,33H,14-16H2,1H3,(H,32,34)/t23-,24-/m1/s1. The van der Waals surface area contributed by atoms with Gasteiger partial charge >= 0.3 is 0 Å². The number of hydrogen-bond acceptors (Lipinski definition) is 5. The van der Waals surface area contributed by atoms with Crippen molar-refractivity contribution in [2.75, 3.05) is 20.3 Å². The Hall–Kier alpha value is -3.39. The Bertz CT molecular complexity index is 1240. The van der Waals surface area contributed by atoms with Crippen LogP contribution in [0.1, 0.15) is 27.2 Å². The van der Waals surface area contributed by atoms with Gasteiger partial charge in [-0.2, -0.15) is 0 Å². The number of methoxy groups -OCH3 is 1. The molecule has 180 valence electrons. The van der Waals surface area contributed by atoms with Gasteiger partial charge in [0.05, 0.1) is 19.2 Å². The number of aromatic nitrogens is 1. The van der Waals surface area contributed by atoms with Gasteiger partial charge in [-0.3, -0.25) is 14.8 Å². The number of halogens is 2.